The molecule has 18 heavy (non-hydrogen) atoms. The van der Waals surface area contributed by atoms with E-state index in [0.29, 0.717) is 6.04 Å². The fourth-order valence-corrected chi connectivity index (χ4v) is 3.07. The Morgan fingerprint density at radius 3 is 2.33 bits per heavy atom. The molecule has 0 radical (unpaired) electrons. The molecule has 108 valence electrons. The third kappa shape index (κ3) is 5.71. The molecule has 1 saturated carbocycles. The van der Waals surface area contributed by atoms with Crippen LogP contribution in [-0.2, 0) is 0 Å². The molecule has 0 bridgehead atoms. The van der Waals surface area contributed by atoms with E-state index in [2.05, 4.69) is 38.0 Å². The van der Waals surface area contributed by atoms with Crippen LogP contribution in [0.1, 0.15) is 65.7 Å². The van der Waals surface area contributed by atoms with Gasteiger partial charge in [-0.3, -0.25) is 4.90 Å². The van der Waals surface area contributed by atoms with E-state index in [1.165, 1.54) is 58.0 Å². The van der Waals surface area contributed by atoms with E-state index >= 15 is 0 Å². The van der Waals surface area contributed by atoms with Crippen LogP contribution in [0.4, 0.5) is 0 Å². The van der Waals surface area contributed by atoms with Crippen LogP contribution in [0.2, 0.25) is 0 Å². The van der Waals surface area contributed by atoms with E-state index in [4.69, 9.17) is 0 Å². The minimum atomic E-state index is 0.683. The quantitative estimate of drug-likeness (QED) is 0.675. The summed E-state index contributed by atoms with van der Waals surface area (Å²) >= 11 is 0. The lowest BCUT2D eigenvalue weighted by Crippen LogP contribution is -2.44. The molecular weight excluding hydrogens is 220 g/mol. The Kier molecular flexibility index (Phi) is 7.92. The number of hydrogen-bond acceptors (Lipinski definition) is 2. The topological polar surface area (TPSA) is 15.3 Å². The second-order valence-electron chi connectivity index (χ2n) is 6.39. The largest absolute Gasteiger partial charge is 0.316 e. The molecule has 1 atom stereocenters. The fraction of sp³-hybridized carbons (Fsp3) is 1.00. The highest BCUT2D eigenvalue weighted by atomic mass is 15.2. The Bertz CT molecular complexity index is 197. The molecule has 1 fully saturated rings. The highest BCUT2D eigenvalue weighted by Gasteiger charge is 2.24. The third-order valence-corrected chi connectivity index (χ3v) is 4.34. The van der Waals surface area contributed by atoms with Crippen LogP contribution in [0.3, 0.4) is 0 Å². The molecule has 1 unspecified atom stereocenters. The normalized spacial score (nSPS) is 19.0. The van der Waals surface area contributed by atoms with E-state index < -0.39 is 0 Å². The van der Waals surface area contributed by atoms with E-state index in [1.54, 1.807) is 0 Å². The van der Waals surface area contributed by atoms with Crippen LogP contribution < -0.4 is 5.32 Å². The van der Waals surface area contributed by atoms with Gasteiger partial charge in [-0.2, -0.15) is 0 Å². The van der Waals surface area contributed by atoms with Gasteiger partial charge in [0.1, 0.15) is 0 Å². The molecule has 0 aliphatic heterocycles. The van der Waals surface area contributed by atoms with Gasteiger partial charge >= 0.3 is 0 Å². The summed E-state index contributed by atoms with van der Waals surface area (Å²) in [4.78, 5) is 2.78. The number of nitrogens with zero attached hydrogens (tertiary/aromatic N) is 1. The van der Waals surface area contributed by atoms with Crippen molar-refractivity contribution in [1.29, 1.82) is 0 Å². The van der Waals surface area contributed by atoms with Crippen molar-refractivity contribution in [1.82, 2.24) is 10.2 Å². The first-order valence-electron chi connectivity index (χ1n) is 8.08. The molecule has 1 aliphatic carbocycles. The second kappa shape index (κ2) is 8.92. The molecule has 0 aromatic heterocycles. The maximum absolute atomic E-state index is 3.50. The SMILES string of the molecule is CCCC(CN(CCC(C)C)C1CCCC1)NC. The van der Waals surface area contributed by atoms with Crippen molar-refractivity contribution < 1.29 is 0 Å². The van der Waals surface area contributed by atoms with Crippen LogP contribution in [0.25, 0.3) is 0 Å². The summed E-state index contributed by atoms with van der Waals surface area (Å²) in [6.07, 6.45) is 9.69. The lowest BCUT2D eigenvalue weighted by Gasteiger charge is -2.33. The molecule has 0 spiro atoms. The molecule has 2 heteroatoms. The fourth-order valence-electron chi connectivity index (χ4n) is 3.07. The zero-order valence-electron chi connectivity index (χ0n) is 13.0. The second-order valence-corrected chi connectivity index (χ2v) is 6.39. The molecular formula is C16H34N2. The Morgan fingerprint density at radius 2 is 1.83 bits per heavy atom. The first-order valence-corrected chi connectivity index (χ1v) is 8.08. The van der Waals surface area contributed by atoms with Crippen molar-refractivity contribution >= 4 is 0 Å². The molecule has 0 aromatic carbocycles. The molecule has 0 aromatic rings. The summed E-state index contributed by atoms with van der Waals surface area (Å²) in [5.74, 6) is 0.827. The van der Waals surface area contributed by atoms with Gasteiger partial charge in [-0.15, -0.1) is 0 Å². The number of likely N-dealkylation sites (N-methyl/N-ethyl adjacent to an activating group) is 1. The Labute approximate surface area is 115 Å². The molecule has 2 nitrogen and oxygen atoms in total. The standard InChI is InChI=1S/C16H34N2/c1-5-8-15(17-4)13-18(12-11-14(2)3)16-9-6-7-10-16/h14-17H,5-13H2,1-4H3. The van der Waals surface area contributed by atoms with E-state index in [-0.39, 0.29) is 0 Å². The molecule has 1 aliphatic rings. The van der Waals surface area contributed by atoms with Crippen LogP contribution in [-0.4, -0.2) is 37.1 Å². The predicted octanol–water partition coefficient (Wildman–Crippen LogP) is 3.67. The summed E-state index contributed by atoms with van der Waals surface area (Å²) in [6, 6.07) is 1.55. The third-order valence-electron chi connectivity index (χ3n) is 4.34. The van der Waals surface area contributed by atoms with E-state index in [9.17, 15) is 0 Å². The van der Waals surface area contributed by atoms with Crippen LogP contribution >= 0.6 is 0 Å². The smallest absolute Gasteiger partial charge is 0.0192 e. The van der Waals surface area contributed by atoms with Crippen molar-refractivity contribution in [2.75, 3.05) is 20.1 Å². The van der Waals surface area contributed by atoms with Gasteiger partial charge in [0.05, 0.1) is 0 Å². The molecule has 1 N–H and O–H groups in total. The monoisotopic (exact) mass is 254 g/mol. The summed E-state index contributed by atoms with van der Waals surface area (Å²) in [6.45, 7) is 9.52. The number of rotatable bonds is 9. The highest BCUT2D eigenvalue weighted by molar-refractivity contribution is 4.81. The minimum absolute atomic E-state index is 0.683. The number of hydrogen-bond donors (Lipinski definition) is 1. The van der Waals surface area contributed by atoms with Gasteiger partial charge in [0.15, 0.2) is 0 Å². The summed E-state index contributed by atoms with van der Waals surface area (Å²) in [7, 11) is 2.12. The first kappa shape index (κ1) is 16.0. The van der Waals surface area contributed by atoms with Crippen molar-refractivity contribution in [3.8, 4) is 0 Å². The van der Waals surface area contributed by atoms with Gasteiger partial charge in [-0.1, -0.05) is 40.0 Å². The van der Waals surface area contributed by atoms with Crippen molar-refractivity contribution in [3.05, 3.63) is 0 Å². The van der Waals surface area contributed by atoms with Crippen LogP contribution in [0, 0.1) is 5.92 Å². The average Bonchev–Trinajstić information content (AvgIpc) is 2.86. The molecule has 0 heterocycles. The molecule has 0 amide bonds. The maximum atomic E-state index is 3.50. The summed E-state index contributed by atoms with van der Waals surface area (Å²) in [5, 5.41) is 3.50. The lowest BCUT2D eigenvalue weighted by atomic mass is 10.1. The summed E-state index contributed by atoms with van der Waals surface area (Å²) in [5.41, 5.74) is 0. The Morgan fingerprint density at radius 1 is 1.17 bits per heavy atom. The highest BCUT2D eigenvalue weighted by Crippen LogP contribution is 2.24. The van der Waals surface area contributed by atoms with Gasteiger partial charge in [0.2, 0.25) is 0 Å². The van der Waals surface area contributed by atoms with Gasteiger partial charge in [-0.05, 0) is 45.2 Å². The Balaban J connectivity index is 2.46. The van der Waals surface area contributed by atoms with Crippen molar-refractivity contribution in [3.63, 3.8) is 0 Å². The van der Waals surface area contributed by atoms with Crippen LogP contribution in [0.15, 0.2) is 0 Å². The van der Waals surface area contributed by atoms with E-state index in [0.717, 1.165) is 12.0 Å². The van der Waals surface area contributed by atoms with Gasteiger partial charge in [-0.25, -0.2) is 0 Å². The average molecular weight is 254 g/mol. The predicted molar refractivity (Wildman–Crippen MR) is 81.0 cm³/mol. The van der Waals surface area contributed by atoms with Crippen molar-refractivity contribution in [2.45, 2.75) is 77.8 Å². The minimum Gasteiger partial charge on any atom is -0.316 e. The maximum Gasteiger partial charge on any atom is 0.0192 e. The number of nitrogens with one attached hydrogen (secondary N) is 1. The molecule has 0 saturated heterocycles. The Hall–Kier alpha value is -0.0800. The van der Waals surface area contributed by atoms with Gasteiger partial charge in [0, 0.05) is 18.6 Å². The van der Waals surface area contributed by atoms with Gasteiger partial charge < -0.3 is 5.32 Å². The summed E-state index contributed by atoms with van der Waals surface area (Å²) < 4.78 is 0. The zero-order valence-corrected chi connectivity index (χ0v) is 13.0. The zero-order chi connectivity index (χ0) is 13.4. The van der Waals surface area contributed by atoms with Crippen LogP contribution in [0.5, 0.6) is 0 Å². The molecule has 1 rings (SSSR count). The lowest BCUT2D eigenvalue weighted by molar-refractivity contribution is 0.167. The van der Waals surface area contributed by atoms with Gasteiger partial charge in [0.25, 0.3) is 0 Å². The van der Waals surface area contributed by atoms with E-state index in [1.807, 2.05) is 0 Å². The first-order chi connectivity index (χ1) is 8.67. The van der Waals surface area contributed by atoms with Crippen molar-refractivity contribution in [2.24, 2.45) is 5.92 Å².